The third-order valence-electron chi connectivity index (χ3n) is 2.64. The van der Waals surface area contributed by atoms with E-state index in [4.69, 9.17) is 5.26 Å². The summed E-state index contributed by atoms with van der Waals surface area (Å²) in [5.74, 6) is 0.0677. The number of nitro groups is 1. The maximum Gasteiger partial charge on any atom is 0.328 e. The Labute approximate surface area is 113 Å². The zero-order valence-corrected chi connectivity index (χ0v) is 11.4. The van der Waals surface area contributed by atoms with Gasteiger partial charge < -0.3 is 5.32 Å². The van der Waals surface area contributed by atoms with Crippen molar-refractivity contribution in [3.8, 4) is 6.07 Å². The largest absolute Gasteiger partial charge is 0.364 e. The fourth-order valence-electron chi connectivity index (χ4n) is 1.42. The van der Waals surface area contributed by atoms with Crippen LogP contribution in [0.15, 0.2) is 12.3 Å². The van der Waals surface area contributed by atoms with E-state index in [1.165, 1.54) is 12.3 Å². The van der Waals surface area contributed by atoms with Crippen molar-refractivity contribution in [3.05, 3.63) is 27.9 Å². The van der Waals surface area contributed by atoms with Gasteiger partial charge in [-0.2, -0.15) is 5.26 Å². The van der Waals surface area contributed by atoms with E-state index < -0.39 is 15.7 Å². The lowest BCUT2D eigenvalue weighted by Gasteiger charge is -2.10. The highest BCUT2D eigenvalue weighted by molar-refractivity contribution is 7.84. The van der Waals surface area contributed by atoms with Crippen LogP contribution in [0.5, 0.6) is 0 Å². The van der Waals surface area contributed by atoms with Crippen molar-refractivity contribution in [1.29, 1.82) is 5.26 Å². The van der Waals surface area contributed by atoms with Crippen LogP contribution < -0.4 is 5.32 Å². The first-order valence-corrected chi connectivity index (χ1v) is 7.19. The van der Waals surface area contributed by atoms with Gasteiger partial charge in [0, 0.05) is 35.0 Å². The molecule has 0 aliphatic rings. The van der Waals surface area contributed by atoms with Crippen molar-refractivity contribution in [3.63, 3.8) is 0 Å². The molecule has 0 saturated carbocycles. The molecule has 0 aromatic carbocycles. The first-order chi connectivity index (χ1) is 8.97. The van der Waals surface area contributed by atoms with Crippen molar-refractivity contribution in [2.24, 2.45) is 0 Å². The van der Waals surface area contributed by atoms with Gasteiger partial charge in [0.1, 0.15) is 11.6 Å². The van der Waals surface area contributed by atoms with Crippen molar-refractivity contribution >= 4 is 22.3 Å². The Morgan fingerprint density at radius 2 is 2.37 bits per heavy atom. The minimum atomic E-state index is -0.935. The van der Waals surface area contributed by atoms with Crippen LogP contribution in [0.25, 0.3) is 0 Å². The number of anilines is 1. The van der Waals surface area contributed by atoms with Crippen LogP contribution in [-0.4, -0.2) is 32.2 Å². The van der Waals surface area contributed by atoms with E-state index in [0.717, 1.165) is 0 Å². The summed E-state index contributed by atoms with van der Waals surface area (Å²) in [5.41, 5.74) is -0.357. The lowest BCUT2D eigenvalue weighted by Crippen LogP contribution is -2.16. The van der Waals surface area contributed by atoms with E-state index in [1.807, 2.05) is 6.92 Å². The first-order valence-electron chi connectivity index (χ1n) is 5.57. The smallest absolute Gasteiger partial charge is 0.328 e. The number of pyridine rings is 1. The molecular formula is C11H14N4O3S. The molecule has 1 heterocycles. The van der Waals surface area contributed by atoms with Crippen LogP contribution >= 0.6 is 0 Å². The molecule has 1 rings (SSSR count). The Hall–Kier alpha value is -2.01. The number of hydrogen-bond acceptors (Lipinski definition) is 6. The Bertz CT molecular complexity index is 541. The second kappa shape index (κ2) is 6.80. The van der Waals surface area contributed by atoms with Crippen LogP contribution in [0.1, 0.15) is 18.9 Å². The van der Waals surface area contributed by atoms with Crippen LogP contribution in [0, 0.1) is 21.4 Å². The molecule has 8 heteroatoms. The average molecular weight is 282 g/mol. The molecule has 2 unspecified atom stereocenters. The van der Waals surface area contributed by atoms with Crippen LogP contribution in [0.2, 0.25) is 0 Å². The second-order valence-electron chi connectivity index (χ2n) is 3.95. The molecule has 102 valence electrons. The predicted octanol–water partition coefficient (Wildman–Crippen LogP) is 1.43. The van der Waals surface area contributed by atoms with Gasteiger partial charge in [-0.1, -0.05) is 6.92 Å². The Morgan fingerprint density at radius 3 is 2.89 bits per heavy atom. The van der Waals surface area contributed by atoms with E-state index >= 15 is 0 Å². The molecule has 0 radical (unpaired) electrons. The van der Waals surface area contributed by atoms with Crippen LogP contribution in [0.3, 0.4) is 0 Å². The third kappa shape index (κ3) is 3.99. The molecule has 0 spiro atoms. The molecule has 0 amide bonds. The minimum absolute atomic E-state index is 0.00861. The summed E-state index contributed by atoms with van der Waals surface area (Å²) in [6.07, 6.45) is 3.55. The molecule has 2 atom stereocenters. The van der Waals surface area contributed by atoms with Crippen molar-refractivity contribution in [2.45, 2.75) is 18.6 Å². The normalized spacial score (nSPS) is 13.3. The molecule has 1 aromatic heterocycles. The average Bonchev–Trinajstić information content (AvgIpc) is 2.37. The first kappa shape index (κ1) is 15.0. The Kier molecular flexibility index (Phi) is 5.38. The highest BCUT2D eigenvalue weighted by atomic mass is 32.2. The van der Waals surface area contributed by atoms with E-state index in [2.05, 4.69) is 10.3 Å². The number of nitrogens with zero attached hydrogens (tertiary/aromatic N) is 3. The lowest BCUT2D eigenvalue weighted by atomic mass is 10.2. The summed E-state index contributed by atoms with van der Waals surface area (Å²) in [6, 6.07) is 3.06. The molecule has 0 saturated heterocycles. The van der Waals surface area contributed by atoms with Crippen molar-refractivity contribution in [1.82, 2.24) is 4.98 Å². The van der Waals surface area contributed by atoms with Gasteiger partial charge in [0.05, 0.1) is 4.92 Å². The molecule has 19 heavy (non-hydrogen) atoms. The van der Waals surface area contributed by atoms with Crippen LogP contribution in [0.4, 0.5) is 11.5 Å². The summed E-state index contributed by atoms with van der Waals surface area (Å²) in [7, 11) is -0.935. The summed E-state index contributed by atoms with van der Waals surface area (Å²) in [4.78, 5) is 14.2. The summed E-state index contributed by atoms with van der Waals surface area (Å²) < 4.78 is 11.2. The van der Waals surface area contributed by atoms with Gasteiger partial charge in [-0.3, -0.25) is 14.3 Å². The maximum atomic E-state index is 11.2. The lowest BCUT2D eigenvalue weighted by molar-refractivity contribution is -0.384. The molecule has 1 aromatic rings. The number of rotatable bonds is 6. The SMILES string of the molecule is CC(CCNc1nccc(C#N)c1[N+](=O)[O-])S(C)=O. The second-order valence-corrected chi connectivity index (χ2v) is 5.75. The molecule has 0 aliphatic carbocycles. The minimum Gasteiger partial charge on any atom is -0.364 e. The maximum absolute atomic E-state index is 11.2. The van der Waals surface area contributed by atoms with Gasteiger partial charge in [-0.25, -0.2) is 4.98 Å². The number of hydrogen-bond donors (Lipinski definition) is 1. The van der Waals surface area contributed by atoms with E-state index in [9.17, 15) is 14.3 Å². The van der Waals surface area contributed by atoms with E-state index in [-0.39, 0.29) is 22.3 Å². The van der Waals surface area contributed by atoms with Crippen LogP contribution in [-0.2, 0) is 10.8 Å². The quantitative estimate of drug-likeness (QED) is 0.624. The highest BCUT2D eigenvalue weighted by Gasteiger charge is 2.20. The number of nitriles is 1. The molecule has 0 fully saturated rings. The van der Waals surface area contributed by atoms with E-state index in [0.29, 0.717) is 13.0 Å². The van der Waals surface area contributed by atoms with Gasteiger partial charge in [0.15, 0.2) is 0 Å². The number of nitrogens with one attached hydrogen (secondary N) is 1. The summed E-state index contributed by atoms with van der Waals surface area (Å²) >= 11 is 0. The Balaban J connectivity index is 2.82. The van der Waals surface area contributed by atoms with Gasteiger partial charge in [-0.15, -0.1) is 0 Å². The van der Waals surface area contributed by atoms with Gasteiger partial charge in [0.2, 0.25) is 5.82 Å². The topological polar surface area (TPSA) is 109 Å². The summed E-state index contributed by atoms with van der Waals surface area (Å²) in [5, 5.41) is 22.6. The molecule has 0 aliphatic heterocycles. The van der Waals surface area contributed by atoms with E-state index in [1.54, 1.807) is 12.3 Å². The standard InChI is InChI=1S/C11H14N4O3S/c1-8(19(2)18)3-5-13-11-10(15(16)17)9(7-12)4-6-14-11/h4,6,8H,3,5H2,1-2H3,(H,13,14). The highest BCUT2D eigenvalue weighted by Crippen LogP contribution is 2.25. The van der Waals surface area contributed by atoms with Crippen molar-refractivity contribution < 1.29 is 9.13 Å². The monoisotopic (exact) mass is 282 g/mol. The third-order valence-corrected chi connectivity index (χ3v) is 4.01. The predicted molar refractivity (Wildman–Crippen MR) is 72.2 cm³/mol. The number of aromatic nitrogens is 1. The fraction of sp³-hybridized carbons (Fsp3) is 0.455. The molecule has 7 nitrogen and oxygen atoms in total. The van der Waals surface area contributed by atoms with Crippen molar-refractivity contribution in [2.75, 3.05) is 18.1 Å². The molecular weight excluding hydrogens is 268 g/mol. The van der Waals surface area contributed by atoms with Gasteiger partial charge in [0.25, 0.3) is 0 Å². The van der Waals surface area contributed by atoms with Gasteiger partial charge >= 0.3 is 5.69 Å². The molecule has 1 N–H and O–H groups in total. The fourth-order valence-corrected chi connectivity index (χ4v) is 1.87. The molecule has 0 bridgehead atoms. The van der Waals surface area contributed by atoms with Gasteiger partial charge in [-0.05, 0) is 12.5 Å². The summed E-state index contributed by atoms with van der Waals surface area (Å²) in [6.45, 7) is 2.24. The zero-order chi connectivity index (χ0) is 14.4. The zero-order valence-electron chi connectivity index (χ0n) is 10.6. The Morgan fingerprint density at radius 1 is 1.68 bits per heavy atom.